The van der Waals surface area contributed by atoms with E-state index in [2.05, 4.69) is 26.0 Å². The highest BCUT2D eigenvalue weighted by atomic mass is 35.5. The summed E-state index contributed by atoms with van der Waals surface area (Å²) < 4.78 is 0. The van der Waals surface area contributed by atoms with Crippen LogP contribution in [0.4, 0.5) is 0 Å². The smallest absolute Gasteiger partial charge is 0.0639 e. The van der Waals surface area contributed by atoms with E-state index in [1.54, 1.807) is 0 Å². The van der Waals surface area contributed by atoms with Gasteiger partial charge in [0, 0.05) is 10.4 Å². The summed E-state index contributed by atoms with van der Waals surface area (Å²) in [6.45, 7) is 4.76. The molecule has 22 heavy (non-hydrogen) atoms. The van der Waals surface area contributed by atoms with Gasteiger partial charge in [-0.25, -0.2) is 0 Å². The van der Waals surface area contributed by atoms with E-state index in [-0.39, 0.29) is 11.5 Å². The molecule has 0 aliphatic heterocycles. The largest absolute Gasteiger partial charge is 0.392 e. The van der Waals surface area contributed by atoms with Crippen LogP contribution in [0.3, 0.4) is 0 Å². The van der Waals surface area contributed by atoms with Crippen LogP contribution in [-0.4, -0.2) is 11.2 Å². The molecular weight excluding hydrogens is 292 g/mol. The molecule has 1 aromatic carbocycles. The summed E-state index contributed by atoms with van der Waals surface area (Å²) in [7, 11) is 0. The van der Waals surface area contributed by atoms with Crippen LogP contribution in [0.15, 0.2) is 24.3 Å². The lowest BCUT2D eigenvalue weighted by Gasteiger charge is -2.48. The van der Waals surface area contributed by atoms with Crippen molar-refractivity contribution in [1.82, 2.24) is 0 Å². The molecule has 0 bridgehead atoms. The van der Waals surface area contributed by atoms with Gasteiger partial charge in [-0.05, 0) is 61.1 Å². The zero-order valence-electron chi connectivity index (χ0n) is 13.9. The zero-order chi connectivity index (χ0) is 15.8. The molecule has 0 spiro atoms. The third-order valence-corrected chi connectivity index (χ3v) is 6.42. The summed E-state index contributed by atoms with van der Waals surface area (Å²) >= 11 is 6.03. The number of hydrogen-bond acceptors (Lipinski definition) is 1. The van der Waals surface area contributed by atoms with Gasteiger partial charge in [0.2, 0.25) is 0 Å². The Bertz CT molecular complexity index is 501. The van der Waals surface area contributed by atoms with Crippen LogP contribution in [0, 0.1) is 11.3 Å². The summed E-state index contributed by atoms with van der Waals surface area (Å²) in [6, 6.07) is 8.17. The highest BCUT2D eigenvalue weighted by Crippen LogP contribution is 2.50. The van der Waals surface area contributed by atoms with Crippen molar-refractivity contribution in [3.63, 3.8) is 0 Å². The molecule has 0 amide bonds. The van der Waals surface area contributed by atoms with Crippen LogP contribution in [0.2, 0.25) is 5.02 Å². The van der Waals surface area contributed by atoms with Gasteiger partial charge in [0.25, 0.3) is 0 Å². The third-order valence-electron chi connectivity index (χ3n) is 6.17. The predicted molar refractivity (Wildman–Crippen MR) is 93.3 cm³/mol. The van der Waals surface area contributed by atoms with Crippen molar-refractivity contribution in [2.24, 2.45) is 11.3 Å². The summed E-state index contributed by atoms with van der Waals surface area (Å²) in [6.07, 6.45) is 9.43. The molecule has 2 heteroatoms. The van der Waals surface area contributed by atoms with Crippen molar-refractivity contribution in [2.75, 3.05) is 0 Å². The number of aliphatic hydroxyl groups excluding tert-OH is 1. The van der Waals surface area contributed by atoms with Crippen molar-refractivity contribution in [1.29, 1.82) is 0 Å². The standard InChI is InChI=1S/C20H29ClO/c1-19(2)10-3-5-15(14-19)13-18(22)20(11-4-12-20)16-6-8-17(21)9-7-16/h6-9,15,18,22H,3-5,10-14H2,1-2H3. The first-order chi connectivity index (χ1) is 10.4. The lowest BCUT2D eigenvalue weighted by Crippen LogP contribution is -2.46. The van der Waals surface area contributed by atoms with Crippen molar-refractivity contribution >= 4 is 11.6 Å². The van der Waals surface area contributed by atoms with Crippen molar-refractivity contribution in [3.05, 3.63) is 34.9 Å². The number of benzene rings is 1. The summed E-state index contributed by atoms with van der Waals surface area (Å²) in [5.41, 5.74) is 1.73. The second-order valence-corrected chi connectivity index (χ2v) is 8.83. The van der Waals surface area contributed by atoms with Crippen LogP contribution in [0.25, 0.3) is 0 Å². The molecule has 1 N–H and O–H groups in total. The first kappa shape index (κ1) is 16.3. The molecule has 2 fully saturated rings. The molecule has 2 aliphatic carbocycles. The molecule has 0 heterocycles. The number of rotatable bonds is 4. The van der Waals surface area contributed by atoms with Crippen LogP contribution in [-0.2, 0) is 5.41 Å². The quantitative estimate of drug-likeness (QED) is 0.751. The molecule has 3 rings (SSSR count). The summed E-state index contributed by atoms with van der Waals surface area (Å²) in [4.78, 5) is 0. The fraction of sp³-hybridized carbons (Fsp3) is 0.700. The van der Waals surface area contributed by atoms with E-state index in [0.717, 1.165) is 24.3 Å². The Morgan fingerprint density at radius 2 is 1.82 bits per heavy atom. The average molecular weight is 321 g/mol. The number of aliphatic hydroxyl groups is 1. The molecule has 2 unspecified atom stereocenters. The Morgan fingerprint density at radius 3 is 2.36 bits per heavy atom. The highest BCUT2D eigenvalue weighted by Gasteiger charge is 2.45. The fourth-order valence-corrected chi connectivity index (χ4v) is 4.88. The second kappa shape index (κ2) is 6.17. The van der Waals surface area contributed by atoms with Gasteiger partial charge >= 0.3 is 0 Å². The normalized spacial score (nSPS) is 27.9. The molecular formula is C20H29ClO. The molecule has 0 saturated heterocycles. The van der Waals surface area contributed by atoms with Gasteiger partial charge in [0.1, 0.15) is 0 Å². The van der Waals surface area contributed by atoms with E-state index in [0.29, 0.717) is 11.3 Å². The van der Waals surface area contributed by atoms with Gasteiger partial charge in [-0.1, -0.05) is 56.8 Å². The lowest BCUT2D eigenvalue weighted by atomic mass is 9.58. The Kier molecular flexibility index (Phi) is 4.58. The maximum Gasteiger partial charge on any atom is 0.0639 e. The van der Waals surface area contributed by atoms with E-state index in [1.165, 1.54) is 37.7 Å². The number of hydrogen-bond donors (Lipinski definition) is 1. The second-order valence-electron chi connectivity index (χ2n) is 8.39. The van der Waals surface area contributed by atoms with Crippen molar-refractivity contribution in [3.8, 4) is 0 Å². The molecule has 1 nitrogen and oxygen atoms in total. The topological polar surface area (TPSA) is 20.2 Å². The SMILES string of the molecule is CC1(C)CCCC(CC(O)C2(c3ccc(Cl)cc3)CCC2)C1. The fourth-order valence-electron chi connectivity index (χ4n) is 4.75. The van der Waals surface area contributed by atoms with Crippen molar-refractivity contribution in [2.45, 2.75) is 76.7 Å². The molecule has 2 atom stereocenters. The maximum absolute atomic E-state index is 11.0. The molecule has 2 aliphatic rings. The highest BCUT2D eigenvalue weighted by molar-refractivity contribution is 6.30. The molecule has 1 aromatic rings. The maximum atomic E-state index is 11.0. The Labute approximate surface area is 140 Å². The minimum absolute atomic E-state index is 0.00776. The molecule has 2 saturated carbocycles. The van der Waals surface area contributed by atoms with Crippen LogP contribution in [0.5, 0.6) is 0 Å². The van der Waals surface area contributed by atoms with Crippen LogP contribution >= 0.6 is 11.6 Å². The first-order valence-corrected chi connectivity index (χ1v) is 9.23. The molecule has 0 aromatic heterocycles. The minimum atomic E-state index is -0.207. The van der Waals surface area contributed by atoms with E-state index < -0.39 is 0 Å². The predicted octanol–water partition coefficient (Wildman–Crippen LogP) is 5.73. The van der Waals surface area contributed by atoms with E-state index >= 15 is 0 Å². The molecule has 0 radical (unpaired) electrons. The van der Waals surface area contributed by atoms with Crippen molar-refractivity contribution < 1.29 is 5.11 Å². The molecule has 122 valence electrons. The summed E-state index contributed by atoms with van der Waals surface area (Å²) in [5, 5.41) is 11.8. The Hall–Kier alpha value is -0.530. The van der Waals surface area contributed by atoms with E-state index in [9.17, 15) is 5.11 Å². The monoisotopic (exact) mass is 320 g/mol. The Morgan fingerprint density at radius 1 is 1.14 bits per heavy atom. The van der Waals surface area contributed by atoms with E-state index in [1.807, 2.05) is 12.1 Å². The van der Waals surface area contributed by atoms with Gasteiger partial charge < -0.3 is 5.11 Å². The zero-order valence-corrected chi connectivity index (χ0v) is 14.7. The lowest BCUT2D eigenvalue weighted by molar-refractivity contribution is 0.00000762. The minimum Gasteiger partial charge on any atom is -0.392 e. The van der Waals surface area contributed by atoms with Gasteiger partial charge in [0.15, 0.2) is 0 Å². The van der Waals surface area contributed by atoms with Crippen LogP contribution < -0.4 is 0 Å². The Balaban J connectivity index is 1.72. The van der Waals surface area contributed by atoms with Gasteiger partial charge in [-0.3, -0.25) is 0 Å². The van der Waals surface area contributed by atoms with Crippen LogP contribution in [0.1, 0.15) is 70.8 Å². The van der Waals surface area contributed by atoms with E-state index in [4.69, 9.17) is 11.6 Å². The average Bonchev–Trinajstić information content (AvgIpc) is 2.38. The number of halogens is 1. The van der Waals surface area contributed by atoms with Gasteiger partial charge in [0.05, 0.1) is 6.10 Å². The third kappa shape index (κ3) is 3.21. The summed E-state index contributed by atoms with van der Waals surface area (Å²) in [5.74, 6) is 0.684. The first-order valence-electron chi connectivity index (χ1n) is 8.85. The van der Waals surface area contributed by atoms with Gasteiger partial charge in [-0.2, -0.15) is 0 Å². The van der Waals surface area contributed by atoms with Gasteiger partial charge in [-0.15, -0.1) is 0 Å².